The van der Waals surface area contributed by atoms with E-state index in [0.717, 1.165) is 0 Å². The Labute approximate surface area is 121 Å². The van der Waals surface area contributed by atoms with Gasteiger partial charge < -0.3 is 4.90 Å². The summed E-state index contributed by atoms with van der Waals surface area (Å²) < 4.78 is 0. The number of nitrogens with zero attached hydrogens (tertiary/aromatic N) is 3. The third-order valence-electron chi connectivity index (χ3n) is 2.44. The maximum atomic E-state index is 12.2. The highest BCUT2D eigenvalue weighted by molar-refractivity contribution is 6.42. The van der Waals surface area contributed by atoms with Crippen LogP contribution in [0.2, 0.25) is 10.0 Å². The highest BCUT2D eigenvalue weighted by Crippen LogP contribution is 2.23. The molecule has 19 heavy (non-hydrogen) atoms. The van der Waals surface area contributed by atoms with Crippen molar-refractivity contribution in [2.24, 2.45) is 0 Å². The highest BCUT2D eigenvalue weighted by atomic mass is 35.5. The molecule has 0 aliphatic heterocycles. The van der Waals surface area contributed by atoms with Crippen LogP contribution in [0.3, 0.4) is 0 Å². The van der Waals surface area contributed by atoms with Gasteiger partial charge >= 0.3 is 0 Å². The second kappa shape index (κ2) is 7.63. The van der Waals surface area contributed by atoms with Crippen LogP contribution in [-0.2, 0) is 0 Å². The molecule has 0 fully saturated rings. The standard InChI is InChI=1S/C13H11Cl2N3O/c14-11-4-3-10(9-12(11)15)13(19)18(7-1-5-16)8-2-6-17/h3-4,9H,1-2,7-8H2. The molecule has 0 aliphatic carbocycles. The van der Waals surface area contributed by atoms with Crippen LogP contribution in [0.4, 0.5) is 0 Å². The van der Waals surface area contributed by atoms with E-state index in [1.807, 2.05) is 12.1 Å². The van der Waals surface area contributed by atoms with Crippen molar-refractivity contribution in [3.05, 3.63) is 33.8 Å². The van der Waals surface area contributed by atoms with Gasteiger partial charge in [0.2, 0.25) is 0 Å². The number of amides is 1. The van der Waals surface area contributed by atoms with Gasteiger partial charge in [0.25, 0.3) is 5.91 Å². The van der Waals surface area contributed by atoms with Gasteiger partial charge in [0.1, 0.15) is 0 Å². The summed E-state index contributed by atoms with van der Waals surface area (Å²) in [5, 5.41) is 17.8. The van der Waals surface area contributed by atoms with Crippen molar-refractivity contribution in [3.8, 4) is 12.1 Å². The van der Waals surface area contributed by atoms with E-state index in [1.165, 1.54) is 11.0 Å². The zero-order valence-corrected chi connectivity index (χ0v) is 11.6. The Hall–Kier alpha value is -1.75. The number of benzene rings is 1. The molecule has 1 rings (SSSR count). The first-order valence-corrected chi connectivity index (χ1v) is 6.34. The lowest BCUT2D eigenvalue weighted by molar-refractivity contribution is 0.0762. The predicted molar refractivity (Wildman–Crippen MR) is 72.8 cm³/mol. The lowest BCUT2D eigenvalue weighted by atomic mass is 10.2. The SMILES string of the molecule is N#CCCN(CCC#N)C(=O)c1ccc(Cl)c(Cl)c1. The fourth-order valence-electron chi connectivity index (χ4n) is 1.50. The fraction of sp³-hybridized carbons (Fsp3) is 0.308. The summed E-state index contributed by atoms with van der Waals surface area (Å²) in [7, 11) is 0. The molecule has 98 valence electrons. The lowest BCUT2D eigenvalue weighted by Gasteiger charge is -2.20. The molecular weight excluding hydrogens is 285 g/mol. The molecule has 0 atom stereocenters. The van der Waals surface area contributed by atoms with Gasteiger partial charge in [0, 0.05) is 18.7 Å². The fourth-order valence-corrected chi connectivity index (χ4v) is 1.79. The molecule has 0 N–H and O–H groups in total. The minimum atomic E-state index is -0.260. The first-order chi connectivity index (χ1) is 9.10. The van der Waals surface area contributed by atoms with Crippen molar-refractivity contribution in [2.45, 2.75) is 12.8 Å². The molecule has 1 amide bonds. The molecule has 4 nitrogen and oxygen atoms in total. The number of carbonyl (C=O) groups is 1. The second-order valence-electron chi connectivity index (χ2n) is 3.74. The summed E-state index contributed by atoms with van der Waals surface area (Å²) in [5.41, 5.74) is 0.394. The van der Waals surface area contributed by atoms with Crippen LogP contribution in [0, 0.1) is 22.7 Å². The topological polar surface area (TPSA) is 67.9 Å². The Morgan fingerprint density at radius 1 is 1.11 bits per heavy atom. The molecule has 0 radical (unpaired) electrons. The normalized spacial score (nSPS) is 9.47. The van der Waals surface area contributed by atoms with E-state index in [9.17, 15) is 4.79 Å². The molecule has 0 aliphatic rings. The Morgan fingerprint density at radius 2 is 1.68 bits per heavy atom. The van der Waals surface area contributed by atoms with Gasteiger partial charge in [0.15, 0.2) is 0 Å². The molecule has 0 heterocycles. The van der Waals surface area contributed by atoms with Crippen LogP contribution in [0.1, 0.15) is 23.2 Å². The molecule has 0 unspecified atom stereocenters. The quantitative estimate of drug-likeness (QED) is 0.837. The molecule has 0 aromatic heterocycles. The lowest BCUT2D eigenvalue weighted by Crippen LogP contribution is -2.32. The number of hydrogen-bond donors (Lipinski definition) is 0. The van der Waals surface area contributed by atoms with Crippen molar-refractivity contribution in [2.75, 3.05) is 13.1 Å². The summed E-state index contributed by atoms with van der Waals surface area (Å²) in [6.07, 6.45) is 0.441. The number of nitriles is 2. The summed E-state index contributed by atoms with van der Waals surface area (Å²) in [5.74, 6) is -0.260. The van der Waals surface area contributed by atoms with Crippen LogP contribution >= 0.6 is 23.2 Å². The monoisotopic (exact) mass is 295 g/mol. The third kappa shape index (κ3) is 4.44. The number of carbonyl (C=O) groups excluding carboxylic acids is 1. The van der Waals surface area contributed by atoms with E-state index >= 15 is 0 Å². The van der Waals surface area contributed by atoms with Gasteiger partial charge in [-0.2, -0.15) is 10.5 Å². The summed E-state index contributed by atoms with van der Waals surface area (Å²) in [4.78, 5) is 13.7. The maximum absolute atomic E-state index is 12.2. The summed E-state index contributed by atoms with van der Waals surface area (Å²) >= 11 is 11.7. The molecule has 0 spiro atoms. The maximum Gasteiger partial charge on any atom is 0.253 e. The van der Waals surface area contributed by atoms with Gasteiger partial charge in [-0.3, -0.25) is 4.79 Å². The van der Waals surface area contributed by atoms with Crippen molar-refractivity contribution in [1.29, 1.82) is 10.5 Å². The van der Waals surface area contributed by atoms with E-state index in [1.54, 1.807) is 12.1 Å². The van der Waals surface area contributed by atoms with Crippen LogP contribution in [0.15, 0.2) is 18.2 Å². The molecule has 6 heteroatoms. The van der Waals surface area contributed by atoms with Gasteiger partial charge in [-0.25, -0.2) is 0 Å². The Morgan fingerprint density at radius 3 is 2.16 bits per heavy atom. The van der Waals surface area contributed by atoms with Crippen LogP contribution in [0.5, 0.6) is 0 Å². The van der Waals surface area contributed by atoms with Crippen LogP contribution < -0.4 is 0 Å². The summed E-state index contributed by atoms with van der Waals surface area (Å²) in [6, 6.07) is 8.56. The Bertz CT molecular complexity index is 528. The van der Waals surface area contributed by atoms with Crippen molar-refractivity contribution in [3.63, 3.8) is 0 Å². The zero-order chi connectivity index (χ0) is 14.3. The van der Waals surface area contributed by atoms with E-state index in [0.29, 0.717) is 15.6 Å². The van der Waals surface area contributed by atoms with E-state index in [2.05, 4.69) is 0 Å². The zero-order valence-electron chi connectivity index (χ0n) is 10.1. The van der Waals surface area contributed by atoms with Crippen molar-refractivity contribution >= 4 is 29.1 Å². The number of halogens is 2. The molecule has 0 bridgehead atoms. The highest BCUT2D eigenvalue weighted by Gasteiger charge is 2.16. The van der Waals surface area contributed by atoms with E-state index in [-0.39, 0.29) is 31.8 Å². The summed E-state index contributed by atoms with van der Waals surface area (Å²) in [6.45, 7) is 0.578. The van der Waals surface area contributed by atoms with Crippen molar-refractivity contribution < 1.29 is 4.79 Å². The minimum absolute atomic E-state index is 0.221. The first-order valence-electron chi connectivity index (χ1n) is 5.58. The van der Waals surface area contributed by atoms with Gasteiger partial charge in [-0.05, 0) is 18.2 Å². The molecule has 1 aromatic rings. The average Bonchev–Trinajstić information content (AvgIpc) is 2.41. The Balaban J connectivity index is 2.88. The van der Waals surface area contributed by atoms with Crippen LogP contribution in [-0.4, -0.2) is 23.9 Å². The van der Waals surface area contributed by atoms with Crippen molar-refractivity contribution in [1.82, 2.24) is 4.90 Å². The van der Waals surface area contributed by atoms with Gasteiger partial charge in [0.05, 0.1) is 35.0 Å². The molecular formula is C13H11Cl2N3O. The number of rotatable bonds is 5. The second-order valence-corrected chi connectivity index (χ2v) is 4.55. The Kier molecular flexibility index (Phi) is 6.15. The first kappa shape index (κ1) is 15.3. The number of hydrogen-bond acceptors (Lipinski definition) is 3. The minimum Gasteiger partial charge on any atom is -0.337 e. The molecule has 0 saturated heterocycles. The van der Waals surface area contributed by atoms with E-state index < -0.39 is 0 Å². The van der Waals surface area contributed by atoms with Gasteiger partial charge in [-0.15, -0.1) is 0 Å². The largest absolute Gasteiger partial charge is 0.337 e. The third-order valence-corrected chi connectivity index (χ3v) is 3.18. The van der Waals surface area contributed by atoms with Crippen LogP contribution in [0.25, 0.3) is 0 Å². The average molecular weight is 296 g/mol. The smallest absolute Gasteiger partial charge is 0.253 e. The van der Waals surface area contributed by atoms with Gasteiger partial charge in [-0.1, -0.05) is 23.2 Å². The predicted octanol–water partition coefficient (Wildman–Crippen LogP) is 3.26. The van der Waals surface area contributed by atoms with E-state index in [4.69, 9.17) is 33.7 Å². The molecule has 1 aromatic carbocycles. The molecule has 0 saturated carbocycles.